The van der Waals surface area contributed by atoms with Crippen LogP contribution in [-0.4, -0.2) is 17.8 Å². The van der Waals surface area contributed by atoms with E-state index in [0.29, 0.717) is 10.1 Å². The van der Waals surface area contributed by atoms with Crippen molar-refractivity contribution >= 4 is 40.6 Å². The fourth-order valence-electron chi connectivity index (χ4n) is 3.24. The van der Waals surface area contributed by atoms with Gasteiger partial charge in [-0.25, -0.2) is 4.67 Å². The Labute approximate surface area is 171 Å². The zero-order chi connectivity index (χ0) is 19.1. The summed E-state index contributed by atoms with van der Waals surface area (Å²) < 4.78 is 16.2. The Balaban J connectivity index is 2.02. The molecule has 1 aliphatic rings. The van der Waals surface area contributed by atoms with Crippen LogP contribution in [0.25, 0.3) is 10.1 Å². The molecule has 0 amide bonds. The molecular weight excluding hydrogens is 396 g/mol. The molecule has 0 N–H and O–H groups in total. The van der Waals surface area contributed by atoms with Crippen molar-refractivity contribution in [1.82, 2.24) is 4.67 Å². The predicted molar refractivity (Wildman–Crippen MR) is 118 cm³/mol. The molecule has 1 fully saturated rings. The maximum atomic E-state index is 14.1. The van der Waals surface area contributed by atoms with Gasteiger partial charge in [0.15, 0.2) is 7.29 Å². The second-order valence-electron chi connectivity index (χ2n) is 6.73. The largest absolute Gasteiger partial charge is 0.297 e. The van der Waals surface area contributed by atoms with Gasteiger partial charge in [-0.05, 0) is 24.0 Å². The fraction of sp³-hybridized carbons (Fsp3) is 0.273. The van der Waals surface area contributed by atoms with E-state index in [-0.39, 0.29) is 0 Å². The van der Waals surface area contributed by atoms with E-state index in [1.807, 2.05) is 60.7 Å². The first-order valence-corrected chi connectivity index (χ1v) is 11.9. The summed E-state index contributed by atoms with van der Waals surface area (Å²) in [5.74, 6) is 3.42. The second kappa shape index (κ2) is 9.75. The van der Waals surface area contributed by atoms with Crippen LogP contribution in [0.2, 0.25) is 0 Å². The lowest BCUT2D eigenvalue weighted by molar-refractivity contribution is 0.434. The highest BCUT2D eigenvalue weighted by Gasteiger charge is 2.28. The Hall–Kier alpha value is -1.31. The van der Waals surface area contributed by atoms with Crippen LogP contribution in [0.3, 0.4) is 0 Å². The Morgan fingerprint density at radius 1 is 0.741 bits per heavy atom. The van der Waals surface area contributed by atoms with Gasteiger partial charge < -0.3 is 0 Å². The van der Waals surface area contributed by atoms with E-state index in [4.69, 9.17) is 23.2 Å². The molecule has 0 saturated carbocycles. The molecular formula is C22H24Cl2NOP. The van der Waals surface area contributed by atoms with Gasteiger partial charge in [0.05, 0.1) is 10.1 Å². The summed E-state index contributed by atoms with van der Waals surface area (Å²) in [6, 6.07) is 19.3. The third kappa shape index (κ3) is 5.59. The average Bonchev–Trinajstić information content (AvgIpc) is 2.99. The van der Waals surface area contributed by atoms with Crippen molar-refractivity contribution < 1.29 is 4.57 Å². The number of halogens is 2. The molecule has 0 bridgehead atoms. The molecule has 2 aromatic rings. The zero-order valence-corrected chi connectivity index (χ0v) is 17.6. The first-order valence-electron chi connectivity index (χ1n) is 9.31. The van der Waals surface area contributed by atoms with Crippen molar-refractivity contribution in [2.75, 3.05) is 13.1 Å². The molecule has 0 atom stereocenters. The minimum atomic E-state index is -3.02. The maximum Gasteiger partial charge on any atom is 0.196 e. The van der Waals surface area contributed by atoms with Crippen LogP contribution in [-0.2, 0) is 4.57 Å². The van der Waals surface area contributed by atoms with E-state index in [0.717, 1.165) is 37.1 Å². The van der Waals surface area contributed by atoms with Crippen LogP contribution in [0, 0.1) is 0 Å². The number of benzene rings is 2. The van der Waals surface area contributed by atoms with Gasteiger partial charge in [0.2, 0.25) is 0 Å². The molecule has 27 heavy (non-hydrogen) atoms. The standard InChI is InChI=1S/C22H24Cl2NOP/c23-21(19-11-5-3-6-12-19)17-27(26,25-15-9-1-2-10-16-25)18-22(24)20-13-7-4-8-14-20/h3-8,11-14,17-18H,1-2,9-10,15-16H2/b21-17-,22-18-. The highest BCUT2D eigenvalue weighted by atomic mass is 35.5. The maximum absolute atomic E-state index is 14.1. The SMILES string of the molecule is O=P(/C=C(\Cl)c1ccccc1)(/C=C(\Cl)c1ccccc1)N1CCCCCC1. The Morgan fingerprint density at radius 2 is 1.15 bits per heavy atom. The van der Waals surface area contributed by atoms with E-state index in [9.17, 15) is 4.57 Å². The van der Waals surface area contributed by atoms with Gasteiger partial charge in [0.1, 0.15) is 0 Å². The molecule has 0 aliphatic carbocycles. The monoisotopic (exact) mass is 419 g/mol. The fourth-order valence-corrected chi connectivity index (χ4v) is 6.58. The summed E-state index contributed by atoms with van der Waals surface area (Å²) in [6.07, 6.45) is 4.42. The van der Waals surface area contributed by atoms with Crippen LogP contribution in [0.5, 0.6) is 0 Å². The molecule has 2 nitrogen and oxygen atoms in total. The zero-order valence-electron chi connectivity index (χ0n) is 15.2. The summed E-state index contributed by atoms with van der Waals surface area (Å²) in [7, 11) is -3.02. The van der Waals surface area contributed by atoms with Crippen LogP contribution in [0.4, 0.5) is 0 Å². The van der Waals surface area contributed by atoms with E-state index < -0.39 is 7.29 Å². The van der Waals surface area contributed by atoms with Crippen LogP contribution in [0.15, 0.2) is 72.3 Å². The van der Waals surface area contributed by atoms with Gasteiger partial charge in [0.25, 0.3) is 0 Å². The summed E-state index contributed by atoms with van der Waals surface area (Å²) >= 11 is 13.1. The smallest absolute Gasteiger partial charge is 0.196 e. The quantitative estimate of drug-likeness (QED) is 0.464. The van der Waals surface area contributed by atoms with E-state index in [1.165, 1.54) is 12.8 Å². The molecule has 3 rings (SSSR count). The first kappa shape index (κ1) is 20.4. The molecule has 0 aromatic heterocycles. The second-order valence-corrected chi connectivity index (χ2v) is 9.97. The highest BCUT2D eigenvalue weighted by Crippen LogP contribution is 2.57. The number of rotatable bonds is 5. The van der Waals surface area contributed by atoms with E-state index >= 15 is 0 Å². The van der Waals surface area contributed by atoms with Gasteiger partial charge in [-0.15, -0.1) is 0 Å². The summed E-state index contributed by atoms with van der Waals surface area (Å²) in [4.78, 5) is 0. The molecule has 142 valence electrons. The highest BCUT2D eigenvalue weighted by molar-refractivity contribution is 7.68. The molecule has 1 saturated heterocycles. The Morgan fingerprint density at radius 3 is 1.56 bits per heavy atom. The van der Waals surface area contributed by atoms with Crippen molar-refractivity contribution in [3.8, 4) is 0 Å². The number of nitrogens with zero attached hydrogens (tertiary/aromatic N) is 1. The lowest BCUT2D eigenvalue weighted by Gasteiger charge is -2.27. The molecule has 2 aromatic carbocycles. The topological polar surface area (TPSA) is 20.3 Å². The summed E-state index contributed by atoms with van der Waals surface area (Å²) in [6.45, 7) is 1.59. The minimum absolute atomic E-state index is 0.497. The van der Waals surface area contributed by atoms with Gasteiger partial charge in [-0.2, -0.15) is 0 Å². The third-order valence-corrected chi connectivity index (χ3v) is 8.22. The molecule has 1 aliphatic heterocycles. The molecule has 0 radical (unpaired) electrons. The number of hydrogen-bond acceptors (Lipinski definition) is 1. The number of hydrogen-bond donors (Lipinski definition) is 0. The van der Waals surface area contributed by atoms with E-state index in [2.05, 4.69) is 4.67 Å². The molecule has 0 spiro atoms. The van der Waals surface area contributed by atoms with Crippen molar-refractivity contribution in [3.05, 3.63) is 83.4 Å². The van der Waals surface area contributed by atoms with Crippen LogP contribution < -0.4 is 0 Å². The Bertz CT molecular complexity index is 782. The predicted octanol–water partition coefficient (Wildman–Crippen LogP) is 7.62. The van der Waals surface area contributed by atoms with Crippen LogP contribution >= 0.6 is 30.5 Å². The molecule has 5 heteroatoms. The minimum Gasteiger partial charge on any atom is -0.297 e. The first-order chi connectivity index (χ1) is 13.1. The van der Waals surface area contributed by atoms with Crippen LogP contribution in [0.1, 0.15) is 36.8 Å². The lowest BCUT2D eigenvalue weighted by atomic mass is 10.2. The van der Waals surface area contributed by atoms with E-state index in [1.54, 1.807) is 11.6 Å². The van der Waals surface area contributed by atoms with Gasteiger partial charge in [-0.3, -0.25) is 4.57 Å². The molecule has 1 heterocycles. The van der Waals surface area contributed by atoms with Crippen molar-refractivity contribution in [3.63, 3.8) is 0 Å². The van der Waals surface area contributed by atoms with Crippen molar-refractivity contribution in [2.45, 2.75) is 25.7 Å². The normalized spacial score (nSPS) is 17.6. The Kier molecular flexibility index (Phi) is 7.38. The summed E-state index contributed by atoms with van der Waals surface area (Å²) in [5, 5.41) is 0.994. The van der Waals surface area contributed by atoms with Gasteiger partial charge in [0, 0.05) is 24.7 Å². The average molecular weight is 420 g/mol. The lowest BCUT2D eigenvalue weighted by Crippen LogP contribution is -2.20. The van der Waals surface area contributed by atoms with Crippen molar-refractivity contribution in [1.29, 1.82) is 0 Å². The summed E-state index contributed by atoms with van der Waals surface area (Å²) in [5.41, 5.74) is 1.72. The van der Waals surface area contributed by atoms with Gasteiger partial charge >= 0.3 is 0 Å². The third-order valence-electron chi connectivity index (χ3n) is 4.72. The molecule has 0 unspecified atom stereocenters. The van der Waals surface area contributed by atoms with Gasteiger partial charge in [-0.1, -0.05) is 96.7 Å². The van der Waals surface area contributed by atoms with Crippen molar-refractivity contribution in [2.24, 2.45) is 0 Å².